The molecular formula is C21H25N5O4S. The molecule has 0 aliphatic carbocycles. The van der Waals surface area contributed by atoms with Crippen molar-refractivity contribution in [1.82, 2.24) is 20.2 Å². The number of nitrogens with one attached hydrogen (secondary N) is 1. The van der Waals surface area contributed by atoms with E-state index in [4.69, 9.17) is 19.7 Å². The topological polar surface area (TPSA) is 117 Å². The lowest BCUT2D eigenvalue weighted by Gasteiger charge is -2.25. The predicted molar refractivity (Wildman–Crippen MR) is 116 cm³/mol. The number of benzene rings is 1. The van der Waals surface area contributed by atoms with Crippen LogP contribution in [-0.4, -0.2) is 39.7 Å². The molecule has 1 aliphatic heterocycles. The molecule has 31 heavy (non-hydrogen) atoms. The SMILES string of the molecule is Cc1occc1-c1nnc(SCC(=O)NC(c2ccc3c(c2)OCCO3)C(C)C)n1N. The molecule has 0 bridgehead atoms. The Labute approximate surface area is 184 Å². The number of aryl methyl sites for hydroxylation is 1. The van der Waals surface area contributed by atoms with E-state index in [9.17, 15) is 4.79 Å². The van der Waals surface area contributed by atoms with Crippen LogP contribution in [0.3, 0.4) is 0 Å². The third-order valence-corrected chi connectivity index (χ3v) is 5.95. The molecule has 1 aliphatic rings. The van der Waals surface area contributed by atoms with Gasteiger partial charge in [-0.15, -0.1) is 10.2 Å². The van der Waals surface area contributed by atoms with E-state index < -0.39 is 0 Å². The third kappa shape index (κ3) is 4.48. The van der Waals surface area contributed by atoms with Crippen molar-refractivity contribution < 1.29 is 18.7 Å². The average molecular weight is 444 g/mol. The first kappa shape index (κ1) is 21.1. The fourth-order valence-electron chi connectivity index (χ4n) is 3.41. The first-order valence-electron chi connectivity index (χ1n) is 10.0. The van der Waals surface area contributed by atoms with Crippen molar-refractivity contribution in [2.75, 3.05) is 24.8 Å². The summed E-state index contributed by atoms with van der Waals surface area (Å²) in [4.78, 5) is 12.7. The van der Waals surface area contributed by atoms with Gasteiger partial charge in [0.05, 0.1) is 23.6 Å². The number of aromatic nitrogens is 3. The molecule has 3 N–H and O–H groups in total. The highest BCUT2D eigenvalue weighted by molar-refractivity contribution is 7.99. The molecule has 1 unspecified atom stereocenters. The van der Waals surface area contributed by atoms with Crippen LogP contribution in [0.4, 0.5) is 0 Å². The Morgan fingerprint density at radius 2 is 2.00 bits per heavy atom. The van der Waals surface area contributed by atoms with E-state index >= 15 is 0 Å². The molecule has 1 atom stereocenters. The van der Waals surface area contributed by atoms with E-state index in [0.717, 1.165) is 16.9 Å². The highest BCUT2D eigenvalue weighted by atomic mass is 32.2. The van der Waals surface area contributed by atoms with E-state index in [1.165, 1.54) is 16.4 Å². The molecule has 10 heteroatoms. The van der Waals surface area contributed by atoms with E-state index in [1.54, 1.807) is 12.3 Å². The number of hydrogen-bond acceptors (Lipinski definition) is 8. The number of carbonyl (C=O) groups excluding carboxylic acids is 1. The van der Waals surface area contributed by atoms with Crippen LogP contribution in [0.15, 0.2) is 40.1 Å². The lowest BCUT2D eigenvalue weighted by Crippen LogP contribution is -2.33. The maximum atomic E-state index is 12.7. The number of nitrogen functional groups attached to an aromatic ring is 1. The van der Waals surface area contributed by atoms with Gasteiger partial charge >= 0.3 is 0 Å². The van der Waals surface area contributed by atoms with Crippen LogP contribution in [0, 0.1) is 12.8 Å². The van der Waals surface area contributed by atoms with Gasteiger partial charge in [0.2, 0.25) is 11.1 Å². The Balaban J connectivity index is 1.42. The minimum absolute atomic E-state index is 0.123. The Kier molecular flexibility index (Phi) is 6.08. The Hall–Kier alpha value is -3.14. The van der Waals surface area contributed by atoms with Crippen molar-refractivity contribution in [3.8, 4) is 22.9 Å². The number of nitrogens with two attached hydrogens (primary N) is 1. The summed E-state index contributed by atoms with van der Waals surface area (Å²) in [5.74, 6) is 8.97. The summed E-state index contributed by atoms with van der Waals surface area (Å²) < 4.78 is 17.9. The van der Waals surface area contributed by atoms with Gasteiger partial charge in [-0.2, -0.15) is 0 Å². The second-order valence-electron chi connectivity index (χ2n) is 7.55. The Bertz CT molecular complexity index is 1080. The lowest BCUT2D eigenvalue weighted by atomic mass is 9.95. The van der Waals surface area contributed by atoms with Crippen LogP contribution >= 0.6 is 11.8 Å². The van der Waals surface area contributed by atoms with E-state index in [-0.39, 0.29) is 23.6 Å². The zero-order chi connectivity index (χ0) is 22.0. The highest BCUT2D eigenvalue weighted by Gasteiger charge is 2.22. The highest BCUT2D eigenvalue weighted by Crippen LogP contribution is 2.34. The van der Waals surface area contributed by atoms with Crippen LogP contribution in [0.5, 0.6) is 11.5 Å². The number of nitrogens with zero attached hydrogens (tertiary/aromatic N) is 3. The quantitative estimate of drug-likeness (QED) is 0.423. The fraction of sp³-hybridized carbons (Fsp3) is 0.381. The van der Waals surface area contributed by atoms with Crippen LogP contribution in [0.2, 0.25) is 0 Å². The van der Waals surface area contributed by atoms with Crippen molar-refractivity contribution in [3.05, 3.63) is 41.9 Å². The number of carbonyl (C=O) groups is 1. The molecular weight excluding hydrogens is 418 g/mol. The van der Waals surface area contributed by atoms with Gasteiger partial charge in [-0.05, 0) is 36.6 Å². The van der Waals surface area contributed by atoms with Gasteiger partial charge in [0, 0.05) is 0 Å². The van der Waals surface area contributed by atoms with Crippen LogP contribution < -0.4 is 20.6 Å². The van der Waals surface area contributed by atoms with E-state index in [1.807, 2.05) is 25.1 Å². The molecule has 4 rings (SSSR count). The van der Waals surface area contributed by atoms with Gasteiger partial charge in [-0.25, -0.2) is 4.68 Å². The summed E-state index contributed by atoms with van der Waals surface area (Å²) in [5, 5.41) is 11.8. The number of furan rings is 1. The van der Waals surface area contributed by atoms with Gasteiger partial charge in [-0.3, -0.25) is 4.79 Å². The smallest absolute Gasteiger partial charge is 0.230 e. The van der Waals surface area contributed by atoms with Gasteiger partial charge in [0.15, 0.2) is 17.3 Å². The Morgan fingerprint density at radius 1 is 1.23 bits per heavy atom. The first-order chi connectivity index (χ1) is 14.9. The molecule has 2 aromatic heterocycles. The summed E-state index contributed by atoms with van der Waals surface area (Å²) in [6.07, 6.45) is 1.57. The van der Waals surface area contributed by atoms with E-state index in [0.29, 0.717) is 35.7 Å². The van der Waals surface area contributed by atoms with Crippen molar-refractivity contribution >= 4 is 17.7 Å². The summed E-state index contributed by atoms with van der Waals surface area (Å²) >= 11 is 1.23. The molecule has 0 fully saturated rings. The van der Waals surface area contributed by atoms with E-state index in [2.05, 4.69) is 29.4 Å². The zero-order valence-corrected chi connectivity index (χ0v) is 18.4. The minimum Gasteiger partial charge on any atom is -0.486 e. The van der Waals surface area contributed by atoms with Gasteiger partial charge in [0.25, 0.3) is 0 Å². The molecule has 164 valence electrons. The van der Waals surface area contributed by atoms with Gasteiger partial charge in [0.1, 0.15) is 19.0 Å². The molecule has 0 radical (unpaired) electrons. The summed E-state index contributed by atoms with van der Waals surface area (Å²) in [6, 6.07) is 7.40. The standard InChI is InChI=1S/C21H25N5O4S/c1-12(2)19(14-4-5-16-17(10-14)30-9-8-29-16)23-18(27)11-31-21-25-24-20(26(21)22)15-6-7-28-13(15)3/h4-7,10,12,19H,8-9,11,22H2,1-3H3,(H,23,27). The first-order valence-corrected chi connectivity index (χ1v) is 11.0. The molecule has 0 saturated heterocycles. The molecule has 1 aromatic carbocycles. The van der Waals surface area contributed by atoms with Crippen LogP contribution in [0.1, 0.15) is 31.2 Å². The normalized spacial score (nSPS) is 13.9. The maximum absolute atomic E-state index is 12.7. The minimum atomic E-state index is -0.163. The number of thioether (sulfide) groups is 1. The number of ether oxygens (including phenoxy) is 2. The molecule has 0 saturated carbocycles. The number of hydrogen-bond donors (Lipinski definition) is 2. The fourth-order valence-corrected chi connectivity index (χ4v) is 4.08. The lowest BCUT2D eigenvalue weighted by molar-refractivity contribution is -0.119. The zero-order valence-electron chi connectivity index (χ0n) is 17.6. The predicted octanol–water partition coefficient (Wildman–Crippen LogP) is 2.94. The number of amides is 1. The van der Waals surface area contributed by atoms with Crippen LogP contribution in [0.25, 0.3) is 11.4 Å². The van der Waals surface area contributed by atoms with Gasteiger partial charge < -0.3 is 25.1 Å². The van der Waals surface area contributed by atoms with Crippen molar-refractivity contribution in [2.24, 2.45) is 5.92 Å². The van der Waals surface area contributed by atoms with Crippen molar-refractivity contribution in [3.63, 3.8) is 0 Å². The van der Waals surface area contributed by atoms with Crippen molar-refractivity contribution in [1.29, 1.82) is 0 Å². The molecule has 3 aromatic rings. The summed E-state index contributed by atoms with van der Waals surface area (Å²) in [5.41, 5.74) is 1.74. The molecule has 1 amide bonds. The largest absolute Gasteiger partial charge is 0.486 e. The monoisotopic (exact) mass is 443 g/mol. The molecule has 0 spiro atoms. The number of fused-ring (bicyclic) bond motifs is 1. The summed E-state index contributed by atoms with van der Waals surface area (Å²) in [7, 11) is 0. The number of rotatable bonds is 7. The van der Waals surface area contributed by atoms with Crippen LogP contribution in [-0.2, 0) is 4.79 Å². The second-order valence-corrected chi connectivity index (χ2v) is 8.49. The van der Waals surface area contributed by atoms with Crippen molar-refractivity contribution in [2.45, 2.75) is 32.0 Å². The Morgan fingerprint density at radius 3 is 2.71 bits per heavy atom. The third-order valence-electron chi connectivity index (χ3n) is 5.01. The maximum Gasteiger partial charge on any atom is 0.230 e. The summed E-state index contributed by atoms with van der Waals surface area (Å²) in [6.45, 7) is 7.01. The second kappa shape index (κ2) is 8.93. The van der Waals surface area contributed by atoms with Gasteiger partial charge in [-0.1, -0.05) is 31.7 Å². The molecule has 3 heterocycles. The average Bonchev–Trinajstić information content (AvgIpc) is 3.34. The molecule has 9 nitrogen and oxygen atoms in total.